The number of aromatic nitrogens is 2. The lowest BCUT2D eigenvalue weighted by Crippen LogP contribution is -2.15. The molecule has 0 saturated heterocycles. The molecular formula is C23H24N4O2. The maximum atomic E-state index is 12.4. The van der Waals surface area contributed by atoms with Gasteiger partial charge in [-0.15, -0.1) is 0 Å². The van der Waals surface area contributed by atoms with Gasteiger partial charge in [0.2, 0.25) is 5.95 Å². The van der Waals surface area contributed by atoms with Gasteiger partial charge in [-0.05, 0) is 48.2 Å². The summed E-state index contributed by atoms with van der Waals surface area (Å²) in [6, 6.07) is 14.7. The third kappa shape index (κ3) is 5.04. The standard InChI is InChI=1S/C23H24N4O2/c1-15(28)16-9-11-18(12-10-16)26-21(29)17-13-24-22(25-14-17)27-20-8-6-5-7-19(20)23(2,3)4/h5-14H,1-4H3,(H,26,29)(H,24,25,27). The van der Waals surface area contributed by atoms with Gasteiger partial charge in [0.1, 0.15) is 0 Å². The molecule has 0 aliphatic rings. The molecule has 2 N–H and O–H groups in total. The topological polar surface area (TPSA) is 84.0 Å². The number of carbonyl (C=O) groups excluding carboxylic acids is 2. The van der Waals surface area contributed by atoms with Crippen molar-refractivity contribution in [2.24, 2.45) is 0 Å². The van der Waals surface area contributed by atoms with Crippen LogP contribution in [0.1, 0.15) is 54.0 Å². The van der Waals surface area contributed by atoms with Gasteiger partial charge in [-0.25, -0.2) is 9.97 Å². The normalized spacial score (nSPS) is 11.0. The molecule has 1 aromatic heterocycles. The third-order valence-electron chi connectivity index (χ3n) is 4.44. The molecule has 3 aromatic rings. The van der Waals surface area contributed by atoms with Crippen LogP contribution in [0.5, 0.6) is 0 Å². The van der Waals surface area contributed by atoms with Crippen LogP contribution in [-0.2, 0) is 5.41 Å². The molecule has 1 amide bonds. The first kappa shape index (κ1) is 20.2. The number of Topliss-reactive ketones (excluding diaryl/α,β-unsaturated/α-hetero) is 1. The van der Waals surface area contributed by atoms with Gasteiger partial charge in [0, 0.05) is 29.3 Å². The Kier molecular flexibility index (Phi) is 5.73. The summed E-state index contributed by atoms with van der Waals surface area (Å²) in [6.45, 7) is 7.93. The molecule has 0 radical (unpaired) electrons. The lowest BCUT2D eigenvalue weighted by atomic mass is 9.86. The largest absolute Gasteiger partial charge is 0.324 e. The van der Waals surface area contributed by atoms with E-state index in [1.807, 2.05) is 18.2 Å². The van der Waals surface area contributed by atoms with E-state index in [-0.39, 0.29) is 17.1 Å². The van der Waals surface area contributed by atoms with Crippen LogP contribution >= 0.6 is 0 Å². The van der Waals surface area contributed by atoms with E-state index in [0.717, 1.165) is 11.3 Å². The lowest BCUT2D eigenvalue weighted by molar-refractivity contribution is 0.101. The van der Waals surface area contributed by atoms with Gasteiger partial charge in [0.05, 0.1) is 5.56 Å². The van der Waals surface area contributed by atoms with Crippen molar-refractivity contribution in [1.82, 2.24) is 9.97 Å². The summed E-state index contributed by atoms with van der Waals surface area (Å²) >= 11 is 0. The minimum atomic E-state index is -0.317. The lowest BCUT2D eigenvalue weighted by Gasteiger charge is -2.22. The van der Waals surface area contributed by atoms with Crippen molar-refractivity contribution in [3.8, 4) is 0 Å². The Morgan fingerprint density at radius 2 is 1.48 bits per heavy atom. The fourth-order valence-electron chi connectivity index (χ4n) is 2.87. The van der Waals surface area contributed by atoms with Gasteiger partial charge in [-0.2, -0.15) is 0 Å². The first-order valence-corrected chi connectivity index (χ1v) is 9.35. The Morgan fingerprint density at radius 3 is 2.07 bits per heavy atom. The third-order valence-corrected chi connectivity index (χ3v) is 4.44. The Balaban J connectivity index is 1.70. The average Bonchev–Trinajstić information content (AvgIpc) is 2.68. The summed E-state index contributed by atoms with van der Waals surface area (Å²) in [4.78, 5) is 32.3. The van der Waals surface area contributed by atoms with E-state index < -0.39 is 0 Å². The molecule has 0 bridgehead atoms. The van der Waals surface area contributed by atoms with Crippen molar-refractivity contribution in [2.75, 3.05) is 10.6 Å². The molecule has 0 saturated carbocycles. The van der Waals surface area contributed by atoms with Gasteiger partial charge in [0.15, 0.2) is 5.78 Å². The number of rotatable bonds is 5. The van der Waals surface area contributed by atoms with Crippen molar-refractivity contribution in [3.05, 3.63) is 77.6 Å². The van der Waals surface area contributed by atoms with E-state index in [1.165, 1.54) is 19.3 Å². The maximum absolute atomic E-state index is 12.4. The monoisotopic (exact) mass is 388 g/mol. The van der Waals surface area contributed by atoms with Gasteiger partial charge in [0.25, 0.3) is 5.91 Å². The molecule has 0 spiro atoms. The number of para-hydroxylation sites is 1. The van der Waals surface area contributed by atoms with Crippen LogP contribution in [0.4, 0.5) is 17.3 Å². The van der Waals surface area contributed by atoms with Crippen molar-refractivity contribution in [2.45, 2.75) is 33.1 Å². The van der Waals surface area contributed by atoms with Crippen molar-refractivity contribution in [1.29, 1.82) is 0 Å². The summed E-state index contributed by atoms with van der Waals surface area (Å²) < 4.78 is 0. The SMILES string of the molecule is CC(=O)c1ccc(NC(=O)c2cnc(Nc3ccccc3C(C)(C)C)nc2)cc1. The van der Waals surface area contributed by atoms with Gasteiger partial charge in [-0.3, -0.25) is 9.59 Å². The second-order valence-electron chi connectivity index (χ2n) is 7.80. The van der Waals surface area contributed by atoms with Crippen molar-refractivity contribution < 1.29 is 9.59 Å². The predicted octanol–water partition coefficient (Wildman–Crippen LogP) is 4.97. The molecule has 29 heavy (non-hydrogen) atoms. The number of hydrogen-bond donors (Lipinski definition) is 2. The molecule has 0 aliphatic carbocycles. The molecule has 2 aromatic carbocycles. The molecule has 0 aliphatic heterocycles. The second kappa shape index (κ2) is 8.22. The van der Waals surface area contributed by atoms with Crippen LogP contribution in [0.3, 0.4) is 0 Å². The van der Waals surface area contributed by atoms with Crippen molar-refractivity contribution in [3.63, 3.8) is 0 Å². The van der Waals surface area contributed by atoms with Crippen LogP contribution in [0.25, 0.3) is 0 Å². The molecular weight excluding hydrogens is 364 g/mol. The first-order valence-electron chi connectivity index (χ1n) is 9.35. The summed E-state index contributed by atoms with van der Waals surface area (Å²) in [5.41, 5.74) is 3.59. The Hall–Kier alpha value is -3.54. The molecule has 0 atom stereocenters. The van der Waals surface area contributed by atoms with Crippen LogP contribution in [0.2, 0.25) is 0 Å². The number of nitrogens with one attached hydrogen (secondary N) is 2. The summed E-state index contributed by atoms with van der Waals surface area (Å²) in [7, 11) is 0. The van der Waals surface area contributed by atoms with Crippen molar-refractivity contribution >= 4 is 29.0 Å². The predicted molar refractivity (Wildman–Crippen MR) is 115 cm³/mol. The molecule has 6 nitrogen and oxygen atoms in total. The molecule has 6 heteroatoms. The number of hydrogen-bond acceptors (Lipinski definition) is 5. The fourth-order valence-corrected chi connectivity index (χ4v) is 2.87. The molecule has 3 rings (SSSR count). The number of anilines is 3. The van der Waals surface area contributed by atoms with E-state index >= 15 is 0 Å². The smallest absolute Gasteiger partial charge is 0.258 e. The maximum Gasteiger partial charge on any atom is 0.258 e. The highest BCUT2D eigenvalue weighted by atomic mass is 16.1. The molecule has 0 unspecified atom stereocenters. The van der Waals surface area contributed by atoms with Gasteiger partial charge >= 0.3 is 0 Å². The summed E-state index contributed by atoms with van der Waals surface area (Å²) in [5.74, 6) is 0.0821. The quantitative estimate of drug-likeness (QED) is 0.603. The number of nitrogens with zero attached hydrogens (tertiary/aromatic N) is 2. The second-order valence-corrected chi connectivity index (χ2v) is 7.80. The van der Waals surface area contributed by atoms with E-state index in [9.17, 15) is 9.59 Å². The van der Waals surface area contributed by atoms with E-state index in [0.29, 0.717) is 22.8 Å². The Bertz CT molecular complexity index is 1020. The molecule has 0 fully saturated rings. The number of carbonyl (C=O) groups is 2. The fraction of sp³-hybridized carbons (Fsp3) is 0.217. The zero-order chi connectivity index (χ0) is 21.0. The summed E-state index contributed by atoms with van der Waals surface area (Å²) in [5, 5.41) is 6.00. The highest BCUT2D eigenvalue weighted by Gasteiger charge is 2.18. The van der Waals surface area contributed by atoms with Gasteiger partial charge < -0.3 is 10.6 Å². The zero-order valence-corrected chi connectivity index (χ0v) is 17.0. The molecule has 148 valence electrons. The average molecular weight is 388 g/mol. The van der Waals surface area contributed by atoms with Crippen LogP contribution in [0, 0.1) is 0 Å². The highest BCUT2D eigenvalue weighted by molar-refractivity contribution is 6.04. The Labute approximate surface area is 170 Å². The minimum Gasteiger partial charge on any atom is -0.324 e. The number of ketones is 1. The van der Waals surface area contributed by atoms with Crippen LogP contribution < -0.4 is 10.6 Å². The van der Waals surface area contributed by atoms with Crippen LogP contribution in [0.15, 0.2) is 60.9 Å². The number of amides is 1. The van der Waals surface area contributed by atoms with E-state index in [4.69, 9.17) is 0 Å². The van der Waals surface area contributed by atoms with Gasteiger partial charge in [-0.1, -0.05) is 39.0 Å². The minimum absolute atomic E-state index is 0.0209. The van der Waals surface area contributed by atoms with E-state index in [2.05, 4.69) is 47.4 Å². The summed E-state index contributed by atoms with van der Waals surface area (Å²) in [6.07, 6.45) is 2.96. The number of benzene rings is 2. The zero-order valence-electron chi connectivity index (χ0n) is 17.0. The highest BCUT2D eigenvalue weighted by Crippen LogP contribution is 2.30. The Morgan fingerprint density at radius 1 is 0.862 bits per heavy atom. The first-order chi connectivity index (χ1) is 13.7. The van der Waals surface area contributed by atoms with E-state index in [1.54, 1.807) is 24.3 Å². The van der Waals surface area contributed by atoms with Crippen LogP contribution in [-0.4, -0.2) is 21.7 Å². The molecule has 1 heterocycles.